The molecule has 1 saturated heterocycles. The summed E-state index contributed by atoms with van der Waals surface area (Å²) in [5.74, 6) is 0.535. The van der Waals surface area contributed by atoms with Gasteiger partial charge in [0.25, 0.3) is 5.56 Å². The zero-order chi connectivity index (χ0) is 24.9. The number of benzene rings is 2. The summed E-state index contributed by atoms with van der Waals surface area (Å²) in [7, 11) is 0. The molecular formula is C26H30FN5O3. The van der Waals surface area contributed by atoms with Crippen LogP contribution in [0.25, 0.3) is 16.6 Å². The second kappa shape index (κ2) is 10.6. The maximum atomic E-state index is 13.9. The number of ether oxygens (including phenoxy) is 1. The van der Waals surface area contributed by atoms with Gasteiger partial charge in [-0.05, 0) is 55.0 Å². The number of aromatic nitrogens is 1. The molecule has 0 radical (unpaired) electrons. The summed E-state index contributed by atoms with van der Waals surface area (Å²) in [6.45, 7) is 7.84. The molecule has 0 unspecified atom stereocenters. The summed E-state index contributed by atoms with van der Waals surface area (Å²) < 4.78 is 19.8. The standard InChI is InChI=1S/C26H30FN5O3/c1-17-13-25-19(15-23(17)27)14-22(26(34)30-25)24(28)16-29-20-3-5-21(6-4-20)35-12-11-31-7-9-32(10-8-31)18(2)33/h3-6,13-16,29H,7-12,28H2,1-2H3,(H,30,34)/b24-16-. The van der Waals surface area contributed by atoms with Gasteiger partial charge >= 0.3 is 0 Å². The lowest BCUT2D eigenvalue weighted by molar-refractivity contribution is -0.130. The summed E-state index contributed by atoms with van der Waals surface area (Å²) in [5.41, 5.74) is 8.09. The number of pyridine rings is 1. The van der Waals surface area contributed by atoms with E-state index in [-0.39, 0.29) is 28.5 Å². The lowest BCUT2D eigenvalue weighted by atomic mass is 10.1. The van der Waals surface area contributed by atoms with E-state index in [4.69, 9.17) is 10.5 Å². The first-order chi connectivity index (χ1) is 16.8. The third-order valence-electron chi connectivity index (χ3n) is 6.18. The van der Waals surface area contributed by atoms with E-state index in [0.717, 1.165) is 44.2 Å². The van der Waals surface area contributed by atoms with Crippen molar-refractivity contribution >= 4 is 28.2 Å². The number of nitrogens with two attached hydrogens (primary N) is 1. The van der Waals surface area contributed by atoms with Gasteiger partial charge in [-0.15, -0.1) is 0 Å². The lowest BCUT2D eigenvalue weighted by Crippen LogP contribution is -2.48. The molecular weight excluding hydrogens is 449 g/mol. The van der Waals surface area contributed by atoms with Crippen LogP contribution in [0.15, 0.2) is 53.5 Å². The maximum absolute atomic E-state index is 13.9. The van der Waals surface area contributed by atoms with Gasteiger partial charge in [-0.2, -0.15) is 0 Å². The monoisotopic (exact) mass is 479 g/mol. The Hall–Kier alpha value is -3.85. The highest BCUT2D eigenvalue weighted by Gasteiger charge is 2.18. The number of nitrogens with zero attached hydrogens (tertiary/aromatic N) is 2. The van der Waals surface area contributed by atoms with Crippen LogP contribution >= 0.6 is 0 Å². The van der Waals surface area contributed by atoms with Crippen LogP contribution in [0.2, 0.25) is 0 Å². The van der Waals surface area contributed by atoms with Crippen LogP contribution in [-0.2, 0) is 4.79 Å². The Morgan fingerprint density at radius 3 is 2.57 bits per heavy atom. The molecule has 8 nitrogen and oxygen atoms in total. The molecule has 184 valence electrons. The number of aromatic amines is 1. The molecule has 0 saturated carbocycles. The Balaban J connectivity index is 1.31. The van der Waals surface area contributed by atoms with Crippen molar-refractivity contribution in [3.05, 3.63) is 76.0 Å². The van der Waals surface area contributed by atoms with E-state index >= 15 is 0 Å². The number of hydrogen-bond donors (Lipinski definition) is 3. The summed E-state index contributed by atoms with van der Waals surface area (Å²) in [4.78, 5) is 30.8. The van der Waals surface area contributed by atoms with Crippen LogP contribution in [0, 0.1) is 12.7 Å². The summed E-state index contributed by atoms with van der Waals surface area (Å²) in [5, 5.41) is 3.65. The van der Waals surface area contributed by atoms with Gasteiger partial charge in [-0.3, -0.25) is 14.5 Å². The van der Waals surface area contributed by atoms with Crippen LogP contribution in [0.1, 0.15) is 18.1 Å². The van der Waals surface area contributed by atoms with E-state index in [1.807, 2.05) is 29.2 Å². The normalized spacial score (nSPS) is 14.8. The number of amides is 1. The molecule has 3 aromatic rings. The number of carbonyl (C=O) groups is 1. The summed E-state index contributed by atoms with van der Waals surface area (Å²) in [6.07, 6.45) is 1.54. The average molecular weight is 480 g/mol. The molecule has 35 heavy (non-hydrogen) atoms. The van der Waals surface area contributed by atoms with Crippen molar-refractivity contribution in [3.8, 4) is 5.75 Å². The van der Waals surface area contributed by atoms with Crippen LogP contribution in [-0.4, -0.2) is 60.0 Å². The van der Waals surface area contributed by atoms with E-state index in [2.05, 4.69) is 15.2 Å². The van der Waals surface area contributed by atoms with E-state index in [1.54, 1.807) is 26.0 Å². The molecule has 0 aliphatic carbocycles. The molecule has 4 rings (SSSR count). The number of rotatable bonds is 7. The predicted octanol–water partition coefficient (Wildman–Crippen LogP) is 2.89. The Bertz CT molecular complexity index is 1290. The van der Waals surface area contributed by atoms with Crippen molar-refractivity contribution < 1.29 is 13.9 Å². The molecule has 1 aromatic heterocycles. The van der Waals surface area contributed by atoms with E-state index in [0.29, 0.717) is 23.1 Å². The van der Waals surface area contributed by atoms with Gasteiger partial charge in [0.2, 0.25) is 5.91 Å². The topological polar surface area (TPSA) is 104 Å². The van der Waals surface area contributed by atoms with Crippen LogP contribution in [0.4, 0.5) is 10.1 Å². The van der Waals surface area contributed by atoms with Crippen LogP contribution < -0.4 is 21.3 Å². The maximum Gasteiger partial charge on any atom is 0.257 e. The smallest absolute Gasteiger partial charge is 0.257 e. The molecule has 1 aliphatic rings. The van der Waals surface area contributed by atoms with Gasteiger partial charge in [0.05, 0.1) is 11.3 Å². The fraction of sp³-hybridized carbons (Fsp3) is 0.308. The molecule has 0 spiro atoms. The second-order valence-electron chi connectivity index (χ2n) is 8.67. The van der Waals surface area contributed by atoms with Crippen molar-refractivity contribution in [2.24, 2.45) is 5.73 Å². The highest BCUT2D eigenvalue weighted by atomic mass is 19.1. The fourth-order valence-corrected chi connectivity index (χ4v) is 4.01. The number of carbonyl (C=O) groups excluding carboxylic acids is 1. The van der Waals surface area contributed by atoms with E-state index < -0.39 is 0 Å². The SMILES string of the molecule is CC(=O)N1CCN(CCOc2ccc(N/C=C(\N)c3cc4cc(F)c(C)cc4[nH]c3=O)cc2)CC1. The molecule has 2 heterocycles. The van der Waals surface area contributed by atoms with Crippen molar-refractivity contribution in [2.45, 2.75) is 13.8 Å². The number of anilines is 1. The molecule has 1 aliphatic heterocycles. The minimum atomic E-state index is -0.342. The summed E-state index contributed by atoms with van der Waals surface area (Å²) in [6, 6.07) is 12.0. The molecule has 4 N–H and O–H groups in total. The Kier molecular flexibility index (Phi) is 7.36. The minimum absolute atomic E-state index is 0.126. The largest absolute Gasteiger partial charge is 0.492 e. The number of H-pyrrole nitrogens is 1. The first-order valence-electron chi connectivity index (χ1n) is 11.6. The number of aryl methyl sites for hydroxylation is 1. The second-order valence-corrected chi connectivity index (χ2v) is 8.67. The van der Waals surface area contributed by atoms with E-state index in [9.17, 15) is 14.0 Å². The van der Waals surface area contributed by atoms with Crippen molar-refractivity contribution in [2.75, 3.05) is 44.6 Å². The highest BCUT2D eigenvalue weighted by Crippen LogP contribution is 2.19. The number of halogens is 1. The Morgan fingerprint density at radius 1 is 1.17 bits per heavy atom. The third kappa shape index (κ3) is 5.99. The Labute approximate surface area is 203 Å². The van der Waals surface area contributed by atoms with Crippen molar-refractivity contribution in [3.63, 3.8) is 0 Å². The van der Waals surface area contributed by atoms with Crippen LogP contribution in [0.3, 0.4) is 0 Å². The Morgan fingerprint density at radius 2 is 1.89 bits per heavy atom. The van der Waals surface area contributed by atoms with Gasteiger partial charge in [0.1, 0.15) is 18.2 Å². The molecule has 0 bridgehead atoms. The van der Waals surface area contributed by atoms with Gasteiger partial charge in [0, 0.05) is 62.4 Å². The number of nitrogens with one attached hydrogen (secondary N) is 2. The number of hydrogen-bond acceptors (Lipinski definition) is 6. The zero-order valence-electron chi connectivity index (χ0n) is 19.9. The first kappa shape index (κ1) is 24.3. The summed E-state index contributed by atoms with van der Waals surface area (Å²) >= 11 is 0. The molecule has 1 amide bonds. The number of fused-ring (bicyclic) bond motifs is 1. The van der Waals surface area contributed by atoms with E-state index in [1.165, 1.54) is 12.3 Å². The van der Waals surface area contributed by atoms with Crippen molar-refractivity contribution in [1.82, 2.24) is 14.8 Å². The van der Waals surface area contributed by atoms with Gasteiger partial charge in [-0.1, -0.05) is 0 Å². The fourth-order valence-electron chi connectivity index (χ4n) is 4.01. The third-order valence-corrected chi connectivity index (χ3v) is 6.18. The van der Waals surface area contributed by atoms with Gasteiger partial charge < -0.3 is 25.7 Å². The zero-order valence-corrected chi connectivity index (χ0v) is 19.9. The highest BCUT2D eigenvalue weighted by molar-refractivity contribution is 5.83. The molecule has 9 heteroatoms. The van der Waals surface area contributed by atoms with Gasteiger partial charge in [-0.25, -0.2) is 4.39 Å². The number of piperazine rings is 1. The lowest BCUT2D eigenvalue weighted by Gasteiger charge is -2.34. The first-order valence-corrected chi connectivity index (χ1v) is 11.6. The van der Waals surface area contributed by atoms with Crippen molar-refractivity contribution in [1.29, 1.82) is 0 Å². The molecule has 0 atom stereocenters. The van der Waals surface area contributed by atoms with Crippen LogP contribution in [0.5, 0.6) is 5.75 Å². The predicted molar refractivity (Wildman–Crippen MR) is 136 cm³/mol. The minimum Gasteiger partial charge on any atom is -0.492 e. The average Bonchev–Trinajstić information content (AvgIpc) is 2.84. The quantitative estimate of drug-likeness (QED) is 0.482. The molecule has 1 fully saturated rings. The molecule has 2 aromatic carbocycles. The van der Waals surface area contributed by atoms with Gasteiger partial charge in [0.15, 0.2) is 0 Å².